The predicted molar refractivity (Wildman–Crippen MR) is 80.2 cm³/mol. The molecule has 4 heteroatoms. The molecule has 0 aromatic heterocycles. The number of carbonyl (C=O) groups excluding carboxylic acids is 2. The summed E-state index contributed by atoms with van der Waals surface area (Å²) in [4.78, 5) is 22.7. The fourth-order valence-electron chi connectivity index (χ4n) is 1.76. The Morgan fingerprint density at radius 3 is 2.45 bits per heavy atom. The third-order valence-corrected chi connectivity index (χ3v) is 2.81. The van der Waals surface area contributed by atoms with Crippen LogP contribution in [-0.4, -0.2) is 24.9 Å². The van der Waals surface area contributed by atoms with Gasteiger partial charge >= 0.3 is 0 Å². The van der Waals surface area contributed by atoms with Gasteiger partial charge in [-0.25, -0.2) is 0 Å². The first-order chi connectivity index (χ1) is 9.72. The number of amides is 2. The van der Waals surface area contributed by atoms with Crippen LogP contribution in [0.25, 0.3) is 0 Å². The van der Waals surface area contributed by atoms with E-state index in [1.165, 1.54) is 5.56 Å². The molecule has 0 unspecified atom stereocenters. The molecule has 108 valence electrons. The second kappa shape index (κ2) is 9.78. The molecular weight excluding hydrogens is 252 g/mol. The first-order valence-electron chi connectivity index (χ1n) is 6.90. The number of nitrogens with one attached hydrogen (secondary N) is 2. The Morgan fingerprint density at radius 1 is 1.05 bits per heavy atom. The van der Waals surface area contributed by atoms with E-state index in [4.69, 9.17) is 0 Å². The molecule has 0 bridgehead atoms. The van der Waals surface area contributed by atoms with Crippen molar-refractivity contribution in [1.82, 2.24) is 10.6 Å². The first kappa shape index (κ1) is 16.0. The van der Waals surface area contributed by atoms with Crippen LogP contribution in [0.4, 0.5) is 0 Å². The molecule has 0 radical (unpaired) electrons. The van der Waals surface area contributed by atoms with Crippen LogP contribution in [0.15, 0.2) is 43.0 Å². The van der Waals surface area contributed by atoms with Crippen molar-refractivity contribution >= 4 is 11.8 Å². The van der Waals surface area contributed by atoms with Crippen LogP contribution < -0.4 is 10.6 Å². The molecule has 0 spiro atoms. The summed E-state index contributed by atoms with van der Waals surface area (Å²) < 4.78 is 0. The van der Waals surface area contributed by atoms with Gasteiger partial charge in [-0.1, -0.05) is 36.4 Å². The van der Waals surface area contributed by atoms with Gasteiger partial charge in [-0.15, -0.1) is 6.58 Å². The summed E-state index contributed by atoms with van der Waals surface area (Å²) in [7, 11) is 0. The summed E-state index contributed by atoms with van der Waals surface area (Å²) in [6.07, 6.45) is 3.81. The summed E-state index contributed by atoms with van der Waals surface area (Å²) in [6.45, 7) is 4.66. The molecule has 0 heterocycles. The quantitative estimate of drug-likeness (QED) is 0.533. The molecule has 0 atom stereocenters. The highest BCUT2D eigenvalue weighted by Gasteiger charge is 2.02. The highest BCUT2D eigenvalue weighted by Crippen LogP contribution is 1.98. The standard InChI is InChI=1S/C16H22N2O2/c1-2-7-15(19)17-12-6-10-16(20)18-13-11-14-8-4-3-5-9-14/h2-5,8-9H,1,6-7,10-13H2,(H,17,19)(H,18,20). The largest absolute Gasteiger partial charge is 0.356 e. The van der Waals surface area contributed by atoms with Crippen molar-refractivity contribution in [3.05, 3.63) is 48.6 Å². The Morgan fingerprint density at radius 2 is 1.75 bits per heavy atom. The lowest BCUT2D eigenvalue weighted by Crippen LogP contribution is -2.28. The second-order valence-corrected chi connectivity index (χ2v) is 4.53. The maximum Gasteiger partial charge on any atom is 0.223 e. The van der Waals surface area contributed by atoms with Gasteiger partial charge in [0.15, 0.2) is 0 Å². The molecule has 20 heavy (non-hydrogen) atoms. The topological polar surface area (TPSA) is 58.2 Å². The van der Waals surface area contributed by atoms with Gasteiger partial charge in [0.25, 0.3) is 0 Å². The van der Waals surface area contributed by atoms with E-state index in [0.717, 1.165) is 6.42 Å². The average Bonchev–Trinajstić information content (AvgIpc) is 2.45. The Labute approximate surface area is 120 Å². The van der Waals surface area contributed by atoms with Gasteiger partial charge in [-0.3, -0.25) is 9.59 Å². The molecule has 4 nitrogen and oxygen atoms in total. The summed E-state index contributed by atoms with van der Waals surface area (Å²) in [5, 5.41) is 5.61. The molecular formula is C16H22N2O2. The van der Waals surface area contributed by atoms with Crippen molar-refractivity contribution in [2.24, 2.45) is 0 Å². The minimum absolute atomic E-state index is 0.0268. The van der Waals surface area contributed by atoms with E-state index in [9.17, 15) is 9.59 Å². The van der Waals surface area contributed by atoms with Gasteiger partial charge in [0.2, 0.25) is 11.8 Å². The Hall–Kier alpha value is -2.10. The Bertz CT molecular complexity index is 429. The van der Waals surface area contributed by atoms with Crippen LogP contribution in [0.5, 0.6) is 0 Å². The lowest BCUT2D eigenvalue weighted by atomic mass is 10.1. The van der Waals surface area contributed by atoms with E-state index in [1.54, 1.807) is 6.08 Å². The van der Waals surface area contributed by atoms with Crippen molar-refractivity contribution in [2.45, 2.75) is 25.7 Å². The van der Waals surface area contributed by atoms with E-state index in [2.05, 4.69) is 17.2 Å². The fourth-order valence-corrected chi connectivity index (χ4v) is 1.76. The van der Waals surface area contributed by atoms with Gasteiger partial charge in [-0.05, 0) is 18.4 Å². The zero-order chi connectivity index (χ0) is 14.6. The van der Waals surface area contributed by atoms with Crippen LogP contribution in [0, 0.1) is 0 Å². The summed E-state index contributed by atoms with van der Waals surface area (Å²) in [5.41, 5.74) is 1.21. The third kappa shape index (κ3) is 7.36. The number of carbonyl (C=O) groups is 2. The van der Waals surface area contributed by atoms with Gasteiger partial charge in [0.05, 0.1) is 0 Å². The van der Waals surface area contributed by atoms with Crippen molar-refractivity contribution in [2.75, 3.05) is 13.1 Å². The smallest absolute Gasteiger partial charge is 0.223 e. The number of hydrogen-bond donors (Lipinski definition) is 2. The van der Waals surface area contributed by atoms with Gasteiger partial charge in [0, 0.05) is 25.9 Å². The monoisotopic (exact) mass is 274 g/mol. The molecule has 0 fully saturated rings. The Balaban J connectivity index is 2.03. The van der Waals surface area contributed by atoms with E-state index < -0.39 is 0 Å². The maximum atomic E-state index is 11.6. The second-order valence-electron chi connectivity index (χ2n) is 4.53. The molecule has 2 N–H and O–H groups in total. The van der Waals surface area contributed by atoms with E-state index in [0.29, 0.717) is 32.4 Å². The van der Waals surface area contributed by atoms with E-state index >= 15 is 0 Å². The van der Waals surface area contributed by atoms with E-state index in [1.807, 2.05) is 30.3 Å². The van der Waals surface area contributed by atoms with Crippen LogP contribution in [0.1, 0.15) is 24.8 Å². The van der Waals surface area contributed by atoms with Crippen LogP contribution in [0.3, 0.4) is 0 Å². The molecule has 0 saturated heterocycles. The molecule has 0 aliphatic carbocycles. The highest BCUT2D eigenvalue weighted by atomic mass is 16.2. The minimum atomic E-state index is -0.0514. The molecule has 1 rings (SSSR count). The molecule has 1 aromatic carbocycles. The summed E-state index contributed by atoms with van der Waals surface area (Å²) in [6, 6.07) is 10.0. The lowest BCUT2D eigenvalue weighted by molar-refractivity contribution is -0.122. The Kier molecular flexibility index (Phi) is 7.80. The van der Waals surface area contributed by atoms with Gasteiger partial charge in [-0.2, -0.15) is 0 Å². The summed E-state index contributed by atoms with van der Waals surface area (Å²) >= 11 is 0. The maximum absolute atomic E-state index is 11.6. The number of rotatable bonds is 9. The molecule has 2 amide bonds. The number of hydrogen-bond acceptors (Lipinski definition) is 2. The van der Waals surface area contributed by atoms with Crippen molar-refractivity contribution < 1.29 is 9.59 Å². The van der Waals surface area contributed by atoms with Crippen molar-refractivity contribution in [1.29, 1.82) is 0 Å². The van der Waals surface area contributed by atoms with Crippen LogP contribution in [0.2, 0.25) is 0 Å². The van der Waals surface area contributed by atoms with Gasteiger partial charge < -0.3 is 10.6 Å². The van der Waals surface area contributed by atoms with Crippen LogP contribution in [-0.2, 0) is 16.0 Å². The lowest BCUT2D eigenvalue weighted by Gasteiger charge is -2.06. The third-order valence-electron chi connectivity index (χ3n) is 2.81. The zero-order valence-corrected chi connectivity index (χ0v) is 11.7. The average molecular weight is 274 g/mol. The zero-order valence-electron chi connectivity index (χ0n) is 11.7. The van der Waals surface area contributed by atoms with Crippen LogP contribution >= 0.6 is 0 Å². The van der Waals surface area contributed by atoms with Crippen molar-refractivity contribution in [3.8, 4) is 0 Å². The predicted octanol–water partition coefficient (Wildman–Crippen LogP) is 1.82. The fraction of sp³-hybridized carbons (Fsp3) is 0.375. The van der Waals surface area contributed by atoms with Gasteiger partial charge in [0.1, 0.15) is 0 Å². The molecule has 1 aromatic rings. The molecule has 0 aliphatic heterocycles. The van der Waals surface area contributed by atoms with Crippen molar-refractivity contribution in [3.63, 3.8) is 0 Å². The first-order valence-corrected chi connectivity index (χ1v) is 6.90. The molecule has 0 aliphatic rings. The molecule has 0 saturated carbocycles. The number of benzene rings is 1. The summed E-state index contributed by atoms with van der Waals surface area (Å²) in [5.74, 6) is -0.0246. The normalized spacial score (nSPS) is 9.80. The SMILES string of the molecule is C=CCC(=O)NCCCC(=O)NCCc1ccccc1. The highest BCUT2D eigenvalue weighted by molar-refractivity contribution is 5.77. The van der Waals surface area contributed by atoms with E-state index in [-0.39, 0.29) is 11.8 Å². The minimum Gasteiger partial charge on any atom is -0.356 e.